The Labute approximate surface area is 174 Å². The minimum absolute atomic E-state index is 0.0984. The Kier molecular flexibility index (Phi) is 6.15. The summed E-state index contributed by atoms with van der Waals surface area (Å²) in [4.78, 5) is 11.3. The van der Waals surface area contributed by atoms with Gasteiger partial charge in [0.15, 0.2) is 0 Å². The summed E-state index contributed by atoms with van der Waals surface area (Å²) in [5.41, 5.74) is 5.44. The molecule has 3 heteroatoms. The van der Waals surface area contributed by atoms with Crippen LogP contribution in [0.2, 0.25) is 0 Å². The van der Waals surface area contributed by atoms with Gasteiger partial charge >= 0.3 is 5.97 Å². The molecule has 3 rings (SSSR count). The number of benzene rings is 2. The zero-order valence-electron chi connectivity index (χ0n) is 18.1. The quantitative estimate of drug-likeness (QED) is 0.522. The molecule has 0 aliphatic heterocycles. The van der Waals surface area contributed by atoms with Crippen molar-refractivity contribution in [3.8, 4) is 11.8 Å². The van der Waals surface area contributed by atoms with E-state index < -0.39 is 0 Å². The summed E-state index contributed by atoms with van der Waals surface area (Å²) in [6.45, 7) is 9.52. The van der Waals surface area contributed by atoms with E-state index in [1.54, 1.807) is 0 Å². The van der Waals surface area contributed by atoms with Gasteiger partial charge in [-0.1, -0.05) is 50.8 Å². The maximum Gasteiger partial charge on any atom is 0.309 e. The smallest absolute Gasteiger partial charge is 0.309 e. The zero-order valence-corrected chi connectivity index (χ0v) is 18.1. The number of ether oxygens (including phenoxy) is 2. The SMILES string of the molecule is COC(=O)Cc1ccc(C#Cc2ccc(C3(OCC(C)(C)C)CC3)c(C)c2)cc1. The molecule has 0 amide bonds. The third kappa shape index (κ3) is 5.71. The second-order valence-corrected chi connectivity index (χ2v) is 9.07. The maximum atomic E-state index is 11.3. The molecule has 152 valence electrons. The van der Waals surface area contributed by atoms with Gasteiger partial charge in [0.05, 0.1) is 25.7 Å². The minimum Gasteiger partial charge on any atom is -0.469 e. The van der Waals surface area contributed by atoms with Gasteiger partial charge in [0.1, 0.15) is 0 Å². The van der Waals surface area contributed by atoms with Crippen LogP contribution in [-0.4, -0.2) is 19.7 Å². The maximum absolute atomic E-state index is 11.3. The Morgan fingerprint density at radius 2 is 1.66 bits per heavy atom. The van der Waals surface area contributed by atoms with E-state index in [1.165, 1.54) is 18.2 Å². The van der Waals surface area contributed by atoms with Crippen LogP contribution in [0.3, 0.4) is 0 Å². The van der Waals surface area contributed by atoms with Crippen LogP contribution in [0.15, 0.2) is 42.5 Å². The van der Waals surface area contributed by atoms with E-state index in [2.05, 4.69) is 57.7 Å². The van der Waals surface area contributed by atoms with Gasteiger partial charge < -0.3 is 9.47 Å². The molecule has 0 spiro atoms. The molecule has 0 bridgehead atoms. The van der Waals surface area contributed by atoms with Crippen molar-refractivity contribution in [3.05, 3.63) is 70.3 Å². The summed E-state index contributed by atoms with van der Waals surface area (Å²) in [6.07, 6.45) is 2.46. The lowest BCUT2D eigenvalue weighted by Gasteiger charge is -2.25. The lowest BCUT2D eigenvalue weighted by Crippen LogP contribution is -2.22. The predicted molar refractivity (Wildman–Crippen MR) is 116 cm³/mol. The van der Waals surface area contributed by atoms with Crippen molar-refractivity contribution in [2.45, 2.75) is 52.6 Å². The highest BCUT2D eigenvalue weighted by Crippen LogP contribution is 2.51. The van der Waals surface area contributed by atoms with Crippen molar-refractivity contribution in [3.63, 3.8) is 0 Å². The van der Waals surface area contributed by atoms with Gasteiger partial charge in [-0.2, -0.15) is 0 Å². The lowest BCUT2D eigenvalue weighted by atomic mass is 9.96. The first-order valence-corrected chi connectivity index (χ1v) is 10.1. The number of hydrogen-bond donors (Lipinski definition) is 0. The fourth-order valence-corrected chi connectivity index (χ4v) is 3.30. The summed E-state index contributed by atoms with van der Waals surface area (Å²) in [7, 11) is 1.40. The van der Waals surface area contributed by atoms with Gasteiger partial charge in [0, 0.05) is 11.1 Å². The van der Waals surface area contributed by atoms with Crippen molar-refractivity contribution in [2.75, 3.05) is 13.7 Å². The van der Waals surface area contributed by atoms with Crippen LogP contribution >= 0.6 is 0 Å². The molecule has 0 atom stereocenters. The van der Waals surface area contributed by atoms with Crippen molar-refractivity contribution >= 4 is 5.97 Å². The fraction of sp³-hybridized carbons (Fsp3) is 0.423. The highest BCUT2D eigenvalue weighted by atomic mass is 16.5. The topological polar surface area (TPSA) is 35.5 Å². The molecule has 1 aliphatic rings. The summed E-state index contributed by atoms with van der Waals surface area (Å²) >= 11 is 0. The Hall–Kier alpha value is -2.57. The number of aryl methyl sites for hydroxylation is 1. The Morgan fingerprint density at radius 3 is 2.21 bits per heavy atom. The van der Waals surface area contributed by atoms with Crippen LogP contribution in [0.1, 0.15) is 61.4 Å². The van der Waals surface area contributed by atoms with E-state index in [0.717, 1.165) is 36.1 Å². The van der Waals surface area contributed by atoms with Crippen LogP contribution in [-0.2, 0) is 26.3 Å². The summed E-state index contributed by atoms with van der Waals surface area (Å²) in [5.74, 6) is 6.21. The van der Waals surface area contributed by atoms with E-state index >= 15 is 0 Å². The van der Waals surface area contributed by atoms with Gasteiger partial charge in [0.25, 0.3) is 0 Å². The fourth-order valence-electron chi connectivity index (χ4n) is 3.30. The number of hydrogen-bond acceptors (Lipinski definition) is 3. The third-order valence-electron chi connectivity index (χ3n) is 5.08. The first-order valence-electron chi connectivity index (χ1n) is 10.1. The first-order chi connectivity index (χ1) is 13.7. The zero-order chi connectivity index (χ0) is 21.1. The van der Waals surface area contributed by atoms with Gasteiger partial charge in [-0.05, 0) is 66.1 Å². The summed E-state index contributed by atoms with van der Waals surface area (Å²) in [5, 5.41) is 0. The number of esters is 1. The highest BCUT2D eigenvalue weighted by molar-refractivity contribution is 5.72. The Bertz CT molecular complexity index is 933. The molecule has 1 fully saturated rings. The van der Waals surface area contributed by atoms with Crippen LogP contribution in [0.4, 0.5) is 0 Å². The van der Waals surface area contributed by atoms with Crippen molar-refractivity contribution < 1.29 is 14.3 Å². The predicted octanol–water partition coefficient (Wildman–Crippen LogP) is 5.16. The lowest BCUT2D eigenvalue weighted by molar-refractivity contribution is -0.139. The van der Waals surface area contributed by atoms with Gasteiger partial charge in [-0.25, -0.2) is 0 Å². The van der Waals surface area contributed by atoms with Crippen molar-refractivity contribution in [1.82, 2.24) is 0 Å². The van der Waals surface area contributed by atoms with E-state index in [4.69, 9.17) is 9.47 Å². The minimum atomic E-state index is -0.237. The van der Waals surface area contributed by atoms with Gasteiger partial charge in [0.2, 0.25) is 0 Å². The molecule has 2 aromatic carbocycles. The molecule has 29 heavy (non-hydrogen) atoms. The first kappa shape index (κ1) is 21.1. The number of carbonyl (C=O) groups excluding carboxylic acids is 1. The van der Waals surface area contributed by atoms with E-state index in [-0.39, 0.29) is 23.4 Å². The molecular weight excluding hydrogens is 360 g/mol. The number of rotatable bonds is 5. The Balaban J connectivity index is 1.70. The van der Waals surface area contributed by atoms with Crippen LogP contribution in [0.5, 0.6) is 0 Å². The molecule has 0 unspecified atom stereocenters. The second-order valence-electron chi connectivity index (χ2n) is 9.07. The Morgan fingerprint density at radius 1 is 1.03 bits per heavy atom. The van der Waals surface area contributed by atoms with Crippen molar-refractivity contribution in [1.29, 1.82) is 0 Å². The molecule has 0 heterocycles. The molecular formula is C26H30O3. The standard InChI is InChI=1S/C26H30O3/c1-19-16-21(9-6-20-7-10-22(11-8-20)17-24(27)28-5)12-13-23(19)26(14-15-26)29-18-25(2,3)4/h7-8,10-13,16H,14-15,17-18H2,1-5H3. The van der Waals surface area contributed by atoms with Gasteiger partial charge in [-0.15, -0.1) is 0 Å². The van der Waals surface area contributed by atoms with E-state index in [1.807, 2.05) is 24.3 Å². The molecule has 1 saturated carbocycles. The second kappa shape index (κ2) is 8.43. The molecule has 0 saturated heterocycles. The van der Waals surface area contributed by atoms with E-state index in [9.17, 15) is 4.79 Å². The average molecular weight is 391 g/mol. The van der Waals surface area contributed by atoms with E-state index in [0.29, 0.717) is 0 Å². The van der Waals surface area contributed by atoms with Crippen LogP contribution in [0, 0.1) is 24.2 Å². The largest absolute Gasteiger partial charge is 0.469 e. The molecule has 2 aromatic rings. The highest BCUT2D eigenvalue weighted by Gasteiger charge is 2.47. The molecule has 0 N–H and O–H groups in total. The molecule has 1 aliphatic carbocycles. The molecule has 3 nitrogen and oxygen atoms in total. The van der Waals surface area contributed by atoms with Crippen molar-refractivity contribution in [2.24, 2.45) is 5.41 Å². The monoisotopic (exact) mass is 390 g/mol. The van der Waals surface area contributed by atoms with Crippen LogP contribution < -0.4 is 0 Å². The number of methoxy groups -OCH3 is 1. The molecule has 0 aromatic heterocycles. The molecule has 0 radical (unpaired) electrons. The summed E-state index contributed by atoms with van der Waals surface area (Å²) < 4.78 is 11.0. The summed E-state index contributed by atoms with van der Waals surface area (Å²) in [6, 6.07) is 14.1. The average Bonchev–Trinajstić information content (AvgIpc) is 3.46. The van der Waals surface area contributed by atoms with Gasteiger partial charge in [-0.3, -0.25) is 4.79 Å². The van der Waals surface area contributed by atoms with Crippen LogP contribution in [0.25, 0.3) is 0 Å². The normalized spacial score (nSPS) is 14.7. The number of carbonyl (C=O) groups is 1. The third-order valence-corrected chi connectivity index (χ3v) is 5.08.